The van der Waals surface area contributed by atoms with Gasteiger partial charge in [0.05, 0.1) is 18.1 Å². The minimum Gasteiger partial charge on any atom is -0.461 e. The van der Waals surface area contributed by atoms with Gasteiger partial charge in [-0.2, -0.15) is 0 Å². The molecule has 0 fully saturated rings. The molecule has 0 atom stereocenters. The number of carbonyl (C=O) groups is 2. The van der Waals surface area contributed by atoms with Crippen molar-refractivity contribution < 1.29 is 24.0 Å². The van der Waals surface area contributed by atoms with E-state index in [4.69, 9.17) is 15.3 Å². The van der Waals surface area contributed by atoms with Gasteiger partial charge in [-0.05, 0) is 36.9 Å². The van der Waals surface area contributed by atoms with Gasteiger partial charge in [-0.25, -0.2) is 24.2 Å². The van der Waals surface area contributed by atoms with Crippen LogP contribution in [0.5, 0.6) is 0 Å². The van der Waals surface area contributed by atoms with Gasteiger partial charge in [-0.1, -0.05) is 0 Å². The van der Waals surface area contributed by atoms with E-state index in [1.807, 2.05) is 0 Å². The summed E-state index contributed by atoms with van der Waals surface area (Å²) in [7, 11) is 0. The van der Waals surface area contributed by atoms with E-state index in [-0.39, 0.29) is 39.1 Å². The summed E-state index contributed by atoms with van der Waals surface area (Å²) >= 11 is 1.68. The molecule has 0 aliphatic rings. The summed E-state index contributed by atoms with van der Waals surface area (Å²) in [5.41, 5.74) is -0.565. The second-order valence-electron chi connectivity index (χ2n) is 4.23. The smallest absolute Gasteiger partial charge is 0.359 e. The van der Waals surface area contributed by atoms with Crippen LogP contribution in [0.2, 0.25) is 0 Å². The predicted octanol–water partition coefficient (Wildman–Crippen LogP) is 1.47. The zero-order valence-electron chi connectivity index (χ0n) is 13.1. The summed E-state index contributed by atoms with van der Waals surface area (Å²) in [5, 5.41) is 10.6. The lowest BCUT2D eigenvalue weighted by molar-refractivity contribution is -0.380. The Labute approximate surface area is 149 Å². The standard InChI is InChI=1S/C12H13N5O6S2/c1-3-22-9(18)7-8(10(19)23-4-2)16(13)11(15-7)25-12-14-5-6(24-12)17(20)21/h5H,3-4,13H2,1-2H3. The van der Waals surface area contributed by atoms with Crippen molar-refractivity contribution in [2.45, 2.75) is 23.3 Å². The summed E-state index contributed by atoms with van der Waals surface area (Å²) in [6, 6.07) is 0. The van der Waals surface area contributed by atoms with Crippen LogP contribution in [0.15, 0.2) is 15.7 Å². The Bertz CT molecular complexity index is 817. The van der Waals surface area contributed by atoms with E-state index in [0.29, 0.717) is 0 Å². The lowest BCUT2D eigenvalue weighted by Gasteiger charge is -2.05. The first-order valence-corrected chi connectivity index (χ1v) is 8.52. The fourth-order valence-corrected chi connectivity index (χ4v) is 3.38. The molecule has 2 aromatic heterocycles. The Morgan fingerprint density at radius 2 is 2.00 bits per heavy atom. The molecule has 0 aliphatic carbocycles. The van der Waals surface area contributed by atoms with Crippen molar-refractivity contribution in [1.29, 1.82) is 0 Å². The number of carbonyl (C=O) groups excluding carboxylic acids is 2. The molecule has 0 spiro atoms. The lowest BCUT2D eigenvalue weighted by Crippen LogP contribution is -2.22. The molecule has 0 saturated heterocycles. The molecular weight excluding hydrogens is 374 g/mol. The molecule has 0 aliphatic heterocycles. The molecule has 0 aromatic carbocycles. The summed E-state index contributed by atoms with van der Waals surface area (Å²) in [4.78, 5) is 42.1. The third kappa shape index (κ3) is 4.06. The number of nitrogens with two attached hydrogens (primary N) is 1. The summed E-state index contributed by atoms with van der Waals surface area (Å²) < 4.78 is 10.9. The topological polar surface area (TPSA) is 152 Å². The van der Waals surface area contributed by atoms with E-state index in [9.17, 15) is 19.7 Å². The molecule has 13 heteroatoms. The van der Waals surface area contributed by atoms with Crippen molar-refractivity contribution in [3.63, 3.8) is 0 Å². The van der Waals surface area contributed by atoms with Crippen LogP contribution in [0.3, 0.4) is 0 Å². The Morgan fingerprint density at radius 1 is 1.36 bits per heavy atom. The SMILES string of the molecule is CCOC(=O)c1nc(Sc2ncc([N+](=O)[O-])s2)n(N)c1C(=O)OCC. The normalized spacial score (nSPS) is 10.5. The molecule has 0 bridgehead atoms. The van der Waals surface area contributed by atoms with Crippen molar-refractivity contribution >= 4 is 40.0 Å². The molecule has 2 N–H and O–H groups in total. The van der Waals surface area contributed by atoms with E-state index < -0.39 is 16.9 Å². The monoisotopic (exact) mass is 387 g/mol. The number of rotatable bonds is 7. The minimum absolute atomic E-state index is 0.0374. The number of hydrogen-bond donors (Lipinski definition) is 1. The molecule has 2 rings (SSSR count). The summed E-state index contributed by atoms with van der Waals surface area (Å²) in [6.07, 6.45) is 1.09. The van der Waals surface area contributed by atoms with E-state index in [0.717, 1.165) is 34.0 Å². The van der Waals surface area contributed by atoms with Crippen molar-refractivity contribution in [1.82, 2.24) is 14.6 Å². The quantitative estimate of drug-likeness (QED) is 0.320. The molecule has 2 aromatic rings. The predicted molar refractivity (Wildman–Crippen MR) is 87.2 cm³/mol. The van der Waals surface area contributed by atoms with Gasteiger partial charge in [0.25, 0.3) is 0 Å². The highest BCUT2D eigenvalue weighted by Gasteiger charge is 2.29. The lowest BCUT2D eigenvalue weighted by atomic mass is 10.3. The maximum Gasteiger partial charge on any atom is 0.359 e. The van der Waals surface area contributed by atoms with Crippen molar-refractivity contribution in [3.05, 3.63) is 27.7 Å². The Kier molecular flexibility index (Phi) is 5.93. The fraction of sp³-hybridized carbons (Fsp3) is 0.333. The van der Waals surface area contributed by atoms with Crippen molar-refractivity contribution in [2.75, 3.05) is 19.1 Å². The zero-order chi connectivity index (χ0) is 18.6. The first kappa shape index (κ1) is 18.7. The number of thiazole rings is 1. The van der Waals surface area contributed by atoms with Gasteiger partial charge in [0.1, 0.15) is 6.20 Å². The minimum atomic E-state index is -0.836. The average Bonchev–Trinajstić information content (AvgIpc) is 3.14. The van der Waals surface area contributed by atoms with E-state index >= 15 is 0 Å². The van der Waals surface area contributed by atoms with Crippen LogP contribution in [0, 0.1) is 10.1 Å². The number of nitro groups is 1. The molecule has 0 unspecified atom stereocenters. The molecule has 134 valence electrons. The number of aromatic nitrogens is 3. The highest BCUT2D eigenvalue weighted by Crippen LogP contribution is 2.34. The van der Waals surface area contributed by atoms with Crippen LogP contribution in [0.25, 0.3) is 0 Å². The van der Waals surface area contributed by atoms with Gasteiger partial charge in [-0.3, -0.25) is 10.1 Å². The Hall–Kier alpha value is -2.67. The van der Waals surface area contributed by atoms with Gasteiger partial charge in [0, 0.05) is 0 Å². The van der Waals surface area contributed by atoms with Crippen LogP contribution in [0.4, 0.5) is 5.00 Å². The number of esters is 2. The van der Waals surface area contributed by atoms with Gasteiger partial charge >= 0.3 is 16.9 Å². The highest BCUT2D eigenvalue weighted by molar-refractivity contribution is 8.01. The first-order valence-electron chi connectivity index (χ1n) is 6.89. The average molecular weight is 387 g/mol. The van der Waals surface area contributed by atoms with Gasteiger partial charge in [0.15, 0.2) is 20.9 Å². The molecule has 0 radical (unpaired) electrons. The van der Waals surface area contributed by atoms with Gasteiger partial charge in [0.2, 0.25) is 0 Å². The van der Waals surface area contributed by atoms with Crippen molar-refractivity contribution in [3.8, 4) is 0 Å². The fourth-order valence-electron chi connectivity index (χ4n) is 1.68. The number of ether oxygens (including phenoxy) is 2. The third-order valence-corrected chi connectivity index (χ3v) is 4.64. The molecule has 11 nitrogen and oxygen atoms in total. The number of hydrogen-bond acceptors (Lipinski definition) is 11. The van der Waals surface area contributed by atoms with Crippen LogP contribution in [-0.2, 0) is 9.47 Å². The second-order valence-corrected chi connectivity index (χ2v) is 6.45. The molecule has 2 heterocycles. The van der Waals surface area contributed by atoms with E-state index in [1.54, 1.807) is 13.8 Å². The molecule has 0 saturated carbocycles. The van der Waals surface area contributed by atoms with E-state index in [2.05, 4.69) is 9.97 Å². The Morgan fingerprint density at radius 3 is 2.56 bits per heavy atom. The van der Waals surface area contributed by atoms with Crippen LogP contribution in [0.1, 0.15) is 34.8 Å². The van der Waals surface area contributed by atoms with Crippen LogP contribution in [-0.4, -0.2) is 44.7 Å². The number of nitrogen functional groups attached to an aromatic ring is 1. The summed E-state index contributed by atoms with van der Waals surface area (Å²) in [6.45, 7) is 3.36. The summed E-state index contributed by atoms with van der Waals surface area (Å²) in [5.74, 6) is 4.18. The number of imidazole rings is 1. The number of nitrogens with zero attached hydrogens (tertiary/aromatic N) is 4. The zero-order valence-corrected chi connectivity index (χ0v) is 14.8. The van der Waals surface area contributed by atoms with Crippen molar-refractivity contribution in [2.24, 2.45) is 0 Å². The molecule has 0 amide bonds. The van der Waals surface area contributed by atoms with E-state index in [1.165, 1.54) is 0 Å². The maximum absolute atomic E-state index is 12.1. The molecule has 25 heavy (non-hydrogen) atoms. The van der Waals surface area contributed by atoms with Crippen LogP contribution < -0.4 is 5.84 Å². The van der Waals surface area contributed by atoms with Gasteiger partial charge < -0.3 is 15.3 Å². The molecular formula is C12H13N5O6S2. The second kappa shape index (κ2) is 7.94. The first-order chi connectivity index (χ1) is 11.9. The third-order valence-electron chi connectivity index (χ3n) is 2.65. The highest BCUT2D eigenvalue weighted by atomic mass is 32.2. The van der Waals surface area contributed by atoms with Gasteiger partial charge in [-0.15, -0.1) is 0 Å². The maximum atomic E-state index is 12.1. The largest absolute Gasteiger partial charge is 0.461 e. The van der Waals surface area contributed by atoms with Crippen LogP contribution >= 0.6 is 23.1 Å². The Balaban J connectivity index is 2.40.